The topological polar surface area (TPSA) is 44.5 Å². The van der Waals surface area contributed by atoms with Gasteiger partial charge in [0.25, 0.3) is 0 Å². The zero-order chi connectivity index (χ0) is 22.0. The molecule has 0 aliphatic carbocycles. The van der Waals surface area contributed by atoms with Crippen molar-refractivity contribution in [2.24, 2.45) is 0 Å². The molecular weight excluding hydrogens is 428 g/mol. The van der Waals surface area contributed by atoms with Crippen molar-refractivity contribution in [1.29, 1.82) is 0 Å². The molecule has 0 radical (unpaired) electrons. The normalized spacial score (nSPS) is 18.6. The summed E-state index contributed by atoms with van der Waals surface area (Å²) in [7, 11) is 4.17. The van der Waals surface area contributed by atoms with Crippen molar-refractivity contribution in [1.82, 2.24) is 20.1 Å². The molecule has 1 N–H and O–H groups in total. The van der Waals surface area contributed by atoms with Gasteiger partial charge in [-0.05, 0) is 82.1 Å². The summed E-state index contributed by atoms with van der Waals surface area (Å²) in [4.78, 5) is 8.99. The fourth-order valence-electron chi connectivity index (χ4n) is 3.93. The van der Waals surface area contributed by atoms with E-state index in [9.17, 15) is 0 Å². The summed E-state index contributed by atoms with van der Waals surface area (Å²) in [6.45, 7) is 3.82. The van der Waals surface area contributed by atoms with Gasteiger partial charge in [0.1, 0.15) is 17.6 Å². The molecule has 1 aromatic carbocycles. The van der Waals surface area contributed by atoms with Crippen LogP contribution < -0.4 is 5.32 Å². The summed E-state index contributed by atoms with van der Waals surface area (Å²) in [6.07, 6.45) is 2.81. The van der Waals surface area contributed by atoms with Crippen LogP contribution in [0.2, 0.25) is 5.02 Å². The largest absolute Gasteiger partial charge is 0.459 e. The third-order valence-electron chi connectivity index (χ3n) is 5.58. The molecule has 1 fully saturated rings. The van der Waals surface area contributed by atoms with Gasteiger partial charge in [-0.3, -0.25) is 4.98 Å². The van der Waals surface area contributed by atoms with E-state index < -0.39 is 0 Å². The lowest BCUT2D eigenvalue weighted by molar-refractivity contribution is 0.261. The SMILES string of the molecule is Cc1ccc(-c2ccc([C@@H]3[C@H](c4ccccn4)NC(=S)N3CCCN(C)C)o2)cc1Cl. The van der Waals surface area contributed by atoms with Gasteiger partial charge in [-0.2, -0.15) is 0 Å². The Hall–Kier alpha value is -2.41. The van der Waals surface area contributed by atoms with Crippen molar-refractivity contribution in [2.75, 3.05) is 27.2 Å². The molecule has 1 saturated heterocycles. The minimum atomic E-state index is -0.0753. The number of nitrogens with one attached hydrogen (secondary N) is 1. The van der Waals surface area contributed by atoms with Crippen LogP contribution in [0.15, 0.2) is 59.1 Å². The molecule has 2 atom stereocenters. The lowest BCUT2D eigenvalue weighted by Crippen LogP contribution is -2.32. The summed E-state index contributed by atoms with van der Waals surface area (Å²) < 4.78 is 6.37. The number of rotatable bonds is 7. The summed E-state index contributed by atoms with van der Waals surface area (Å²) >= 11 is 12.1. The molecule has 0 bridgehead atoms. The van der Waals surface area contributed by atoms with Crippen LogP contribution in [0.5, 0.6) is 0 Å². The van der Waals surface area contributed by atoms with Gasteiger partial charge in [0.05, 0.1) is 11.7 Å². The van der Waals surface area contributed by atoms with E-state index in [4.69, 9.17) is 28.2 Å². The van der Waals surface area contributed by atoms with Gasteiger partial charge in [-0.1, -0.05) is 29.8 Å². The number of hydrogen-bond acceptors (Lipinski definition) is 4. The van der Waals surface area contributed by atoms with Gasteiger partial charge in [0, 0.05) is 23.3 Å². The lowest BCUT2D eigenvalue weighted by atomic mass is 10.0. The smallest absolute Gasteiger partial charge is 0.170 e. The third kappa shape index (κ3) is 4.76. The Morgan fingerprint density at radius 1 is 1.19 bits per heavy atom. The van der Waals surface area contributed by atoms with Crippen LogP contribution in [0.1, 0.15) is 35.5 Å². The summed E-state index contributed by atoms with van der Waals surface area (Å²) in [6, 6.07) is 15.8. The first kappa shape index (κ1) is 21.8. The number of halogens is 1. The molecule has 162 valence electrons. The van der Waals surface area contributed by atoms with Crippen LogP contribution in [-0.2, 0) is 0 Å². The first-order chi connectivity index (χ1) is 14.9. The van der Waals surface area contributed by atoms with Crippen molar-refractivity contribution < 1.29 is 4.42 Å². The molecule has 1 aliphatic rings. The van der Waals surface area contributed by atoms with Crippen LogP contribution >= 0.6 is 23.8 Å². The molecule has 31 heavy (non-hydrogen) atoms. The highest BCUT2D eigenvalue weighted by atomic mass is 35.5. The summed E-state index contributed by atoms with van der Waals surface area (Å²) in [5.74, 6) is 1.65. The number of aryl methyl sites for hydroxylation is 1. The average Bonchev–Trinajstić information content (AvgIpc) is 3.35. The Morgan fingerprint density at radius 3 is 2.74 bits per heavy atom. The standard InChI is InChI=1S/C24H27ClN4OS/c1-16-8-9-17(15-18(16)25)20-10-11-21(30-20)23-22(19-7-4-5-12-26-19)27-24(31)29(23)14-6-13-28(2)3/h4-5,7-12,15,22-23H,6,13-14H2,1-3H3,(H,27,31)/t22-,23+/m0/s1. The monoisotopic (exact) mass is 454 g/mol. The second-order valence-corrected chi connectivity index (χ2v) is 8.94. The van der Waals surface area contributed by atoms with Crippen molar-refractivity contribution in [3.63, 3.8) is 0 Å². The van der Waals surface area contributed by atoms with Gasteiger partial charge in [-0.25, -0.2) is 0 Å². The molecule has 2 aromatic heterocycles. The summed E-state index contributed by atoms with van der Waals surface area (Å²) in [5.41, 5.74) is 2.95. The highest BCUT2D eigenvalue weighted by molar-refractivity contribution is 7.80. The number of benzene rings is 1. The van der Waals surface area contributed by atoms with E-state index >= 15 is 0 Å². The van der Waals surface area contributed by atoms with Crippen molar-refractivity contribution in [3.8, 4) is 11.3 Å². The molecule has 0 saturated carbocycles. The van der Waals surface area contributed by atoms with Crippen LogP contribution in [0.3, 0.4) is 0 Å². The second-order valence-electron chi connectivity index (χ2n) is 8.14. The van der Waals surface area contributed by atoms with Gasteiger partial charge in [0.2, 0.25) is 0 Å². The molecular formula is C24H27ClN4OS. The minimum Gasteiger partial charge on any atom is -0.459 e. The second kappa shape index (κ2) is 9.39. The highest BCUT2D eigenvalue weighted by Crippen LogP contribution is 2.40. The molecule has 0 spiro atoms. The zero-order valence-corrected chi connectivity index (χ0v) is 19.6. The van der Waals surface area contributed by atoms with Crippen LogP contribution in [-0.4, -0.2) is 47.1 Å². The van der Waals surface area contributed by atoms with E-state index in [1.54, 1.807) is 0 Å². The van der Waals surface area contributed by atoms with Gasteiger partial charge < -0.3 is 19.5 Å². The first-order valence-corrected chi connectivity index (χ1v) is 11.2. The van der Waals surface area contributed by atoms with E-state index in [1.807, 2.05) is 61.7 Å². The predicted octanol–water partition coefficient (Wildman–Crippen LogP) is 5.23. The number of nitrogens with zero attached hydrogens (tertiary/aromatic N) is 3. The van der Waals surface area contributed by atoms with E-state index in [-0.39, 0.29) is 12.1 Å². The molecule has 7 heteroatoms. The maximum Gasteiger partial charge on any atom is 0.170 e. The van der Waals surface area contributed by atoms with Crippen molar-refractivity contribution in [2.45, 2.75) is 25.4 Å². The van der Waals surface area contributed by atoms with Gasteiger partial charge in [-0.15, -0.1) is 0 Å². The number of aromatic nitrogens is 1. The van der Waals surface area contributed by atoms with E-state index in [1.165, 1.54) is 0 Å². The number of pyridine rings is 1. The number of hydrogen-bond donors (Lipinski definition) is 1. The summed E-state index contributed by atoms with van der Waals surface area (Å²) in [5, 5.41) is 4.94. The molecule has 0 unspecified atom stereocenters. The molecule has 0 amide bonds. The maximum absolute atomic E-state index is 6.37. The van der Waals surface area contributed by atoms with Gasteiger partial charge in [0.15, 0.2) is 5.11 Å². The van der Waals surface area contributed by atoms with Crippen molar-refractivity contribution in [3.05, 3.63) is 76.8 Å². The molecule has 3 aromatic rings. The Morgan fingerprint density at radius 2 is 2.03 bits per heavy atom. The fourth-order valence-corrected chi connectivity index (χ4v) is 4.44. The van der Waals surface area contributed by atoms with Crippen LogP contribution in [0.4, 0.5) is 0 Å². The Balaban J connectivity index is 1.67. The first-order valence-electron chi connectivity index (χ1n) is 10.4. The average molecular weight is 455 g/mol. The van der Waals surface area contributed by atoms with Crippen LogP contribution in [0, 0.1) is 6.92 Å². The maximum atomic E-state index is 6.37. The quantitative estimate of drug-likeness (QED) is 0.493. The third-order valence-corrected chi connectivity index (χ3v) is 6.34. The Bertz CT molecular complexity index is 1050. The number of furan rings is 1. The fraction of sp³-hybridized carbons (Fsp3) is 0.333. The van der Waals surface area contributed by atoms with Crippen LogP contribution in [0.25, 0.3) is 11.3 Å². The Kier molecular flexibility index (Phi) is 6.60. The number of thiocarbonyl (C=S) groups is 1. The molecule has 1 aliphatic heterocycles. The van der Waals surface area contributed by atoms with Gasteiger partial charge >= 0.3 is 0 Å². The zero-order valence-electron chi connectivity index (χ0n) is 18.0. The van der Waals surface area contributed by atoms with E-state index in [2.05, 4.69) is 34.2 Å². The Labute approximate surface area is 194 Å². The van der Waals surface area contributed by atoms with E-state index in [0.29, 0.717) is 0 Å². The predicted molar refractivity (Wildman–Crippen MR) is 129 cm³/mol. The van der Waals surface area contributed by atoms with E-state index in [0.717, 1.165) is 58.0 Å². The highest BCUT2D eigenvalue weighted by Gasteiger charge is 2.41. The molecule has 4 rings (SSSR count). The lowest BCUT2D eigenvalue weighted by Gasteiger charge is -2.26. The molecule has 5 nitrogen and oxygen atoms in total. The van der Waals surface area contributed by atoms with Crippen molar-refractivity contribution >= 4 is 28.9 Å². The molecule has 3 heterocycles. The minimum absolute atomic E-state index is 0.0702.